The van der Waals surface area contributed by atoms with Crippen molar-refractivity contribution < 1.29 is 18.9 Å². The molecule has 0 heterocycles. The zero-order chi connectivity index (χ0) is 24.2. The average Bonchev–Trinajstić information content (AvgIpc) is 3.70. The van der Waals surface area contributed by atoms with Crippen molar-refractivity contribution in [2.75, 3.05) is 11.9 Å². The SMILES string of the molecule is CCc1cccc(CC)c1NC(=O)COC(=O)C1(P(=O)(c2ccccc2)c2ccccc2)CC1. The first kappa shape index (κ1) is 24.0. The monoisotopic (exact) mass is 475 g/mol. The molecule has 1 amide bonds. The van der Waals surface area contributed by atoms with E-state index in [9.17, 15) is 14.2 Å². The van der Waals surface area contributed by atoms with Gasteiger partial charge in [0.25, 0.3) is 5.91 Å². The van der Waals surface area contributed by atoms with Crippen molar-refractivity contribution in [3.8, 4) is 0 Å². The van der Waals surface area contributed by atoms with Crippen LogP contribution < -0.4 is 15.9 Å². The standard InChI is InChI=1S/C28H30NO4P/c1-3-21-12-11-13-22(4-2)26(21)29-25(30)20-33-27(31)28(18-19-28)34(32,23-14-7-5-8-15-23)24-16-9-6-10-17-24/h5-17H,3-4,18-20H2,1-2H3,(H,29,30). The maximum atomic E-state index is 14.6. The summed E-state index contributed by atoms with van der Waals surface area (Å²) in [6, 6.07) is 24.2. The Balaban J connectivity index is 1.55. The van der Waals surface area contributed by atoms with E-state index in [4.69, 9.17) is 4.74 Å². The Morgan fingerprint density at radius 2 is 1.32 bits per heavy atom. The van der Waals surface area contributed by atoms with Crippen LogP contribution in [0.2, 0.25) is 0 Å². The van der Waals surface area contributed by atoms with Crippen molar-refractivity contribution >= 4 is 35.3 Å². The molecule has 6 heteroatoms. The van der Waals surface area contributed by atoms with E-state index in [2.05, 4.69) is 5.32 Å². The van der Waals surface area contributed by atoms with E-state index >= 15 is 0 Å². The number of aryl methyl sites for hydroxylation is 2. The van der Waals surface area contributed by atoms with Gasteiger partial charge < -0.3 is 14.6 Å². The molecule has 176 valence electrons. The summed E-state index contributed by atoms with van der Waals surface area (Å²) < 4.78 is 20.2. The number of carbonyl (C=O) groups is 2. The Morgan fingerprint density at radius 1 is 0.824 bits per heavy atom. The van der Waals surface area contributed by atoms with Gasteiger partial charge in [-0.05, 0) is 36.8 Å². The fourth-order valence-electron chi connectivity index (χ4n) is 4.53. The third-order valence-corrected chi connectivity index (χ3v) is 10.4. The summed E-state index contributed by atoms with van der Waals surface area (Å²) in [7, 11) is -3.33. The van der Waals surface area contributed by atoms with Crippen LogP contribution in [0.1, 0.15) is 37.8 Å². The van der Waals surface area contributed by atoms with Gasteiger partial charge >= 0.3 is 5.97 Å². The molecule has 1 aliphatic carbocycles. The molecule has 5 nitrogen and oxygen atoms in total. The molecule has 0 saturated heterocycles. The lowest BCUT2D eigenvalue weighted by atomic mass is 10.0. The molecule has 0 aromatic heterocycles. The number of rotatable bonds is 9. The normalized spacial score (nSPS) is 14.3. The molecule has 1 saturated carbocycles. The predicted octanol–water partition coefficient (Wildman–Crippen LogP) is 4.84. The van der Waals surface area contributed by atoms with Crippen molar-refractivity contribution in [3.05, 3.63) is 90.0 Å². The number of nitrogens with one attached hydrogen (secondary N) is 1. The van der Waals surface area contributed by atoms with E-state index in [0.717, 1.165) is 29.7 Å². The minimum absolute atomic E-state index is 0.394. The zero-order valence-corrected chi connectivity index (χ0v) is 20.5. The van der Waals surface area contributed by atoms with Crippen LogP contribution in [0, 0.1) is 0 Å². The lowest BCUT2D eigenvalue weighted by molar-refractivity contribution is -0.147. The molecule has 4 rings (SSSR count). The molecule has 3 aromatic carbocycles. The lowest BCUT2D eigenvalue weighted by Gasteiger charge is -2.27. The number of amides is 1. The number of anilines is 1. The summed E-state index contributed by atoms with van der Waals surface area (Å²) in [6.45, 7) is 3.66. The first-order valence-corrected chi connectivity index (χ1v) is 13.5. The minimum Gasteiger partial charge on any atom is -0.455 e. The van der Waals surface area contributed by atoms with E-state index < -0.39 is 30.8 Å². The van der Waals surface area contributed by atoms with Gasteiger partial charge in [-0.25, -0.2) is 0 Å². The summed E-state index contributed by atoms with van der Waals surface area (Å²) >= 11 is 0. The number of carbonyl (C=O) groups excluding carboxylic acids is 2. The van der Waals surface area contributed by atoms with Crippen molar-refractivity contribution in [2.45, 2.75) is 44.7 Å². The second kappa shape index (κ2) is 9.99. The maximum Gasteiger partial charge on any atom is 0.320 e. The predicted molar refractivity (Wildman–Crippen MR) is 137 cm³/mol. The maximum absolute atomic E-state index is 14.6. The molecular weight excluding hydrogens is 445 g/mol. The second-order valence-electron chi connectivity index (χ2n) is 8.59. The Morgan fingerprint density at radius 3 is 1.76 bits per heavy atom. The molecule has 34 heavy (non-hydrogen) atoms. The van der Waals surface area contributed by atoms with Crippen LogP contribution in [0.5, 0.6) is 0 Å². The second-order valence-corrected chi connectivity index (χ2v) is 11.7. The molecule has 1 fully saturated rings. The summed E-state index contributed by atoms with van der Waals surface area (Å²) in [5.74, 6) is -0.966. The van der Waals surface area contributed by atoms with Crippen LogP contribution in [0.25, 0.3) is 0 Å². The number of benzene rings is 3. The van der Waals surface area contributed by atoms with Gasteiger partial charge in [0.2, 0.25) is 0 Å². The van der Waals surface area contributed by atoms with Crippen LogP contribution >= 0.6 is 7.14 Å². The van der Waals surface area contributed by atoms with Crippen molar-refractivity contribution in [1.82, 2.24) is 0 Å². The third kappa shape index (κ3) is 4.33. The smallest absolute Gasteiger partial charge is 0.320 e. The summed E-state index contributed by atoms with van der Waals surface area (Å²) in [5, 5.41) is 3.05. The number of ether oxygens (including phenoxy) is 1. The van der Waals surface area contributed by atoms with E-state index in [1.165, 1.54) is 0 Å². The van der Waals surface area contributed by atoms with Gasteiger partial charge in [-0.15, -0.1) is 0 Å². The largest absolute Gasteiger partial charge is 0.455 e. The first-order chi connectivity index (χ1) is 16.5. The van der Waals surface area contributed by atoms with Gasteiger partial charge in [-0.2, -0.15) is 0 Å². The van der Waals surface area contributed by atoms with E-state index in [1.807, 2.05) is 92.7 Å². The average molecular weight is 476 g/mol. The molecular formula is C28H30NO4P. The van der Waals surface area contributed by atoms with Gasteiger partial charge in [-0.3, -0.25) is 9.59 Å². The number of hydrogen-bond donors (Lipinski definition) is 1. The van der Waals surface area contributed by atoms with Crippen molar-refractivity contribution in [3.63, 3.8) is 0 Å². The Kier molecular flexibility index (Phi) is 7.04. The number of para-hydroxylation sites is 1. The van der Waals surface area contributed by atoms with Gasteiger partial charge in [0, 0.05) is 16.3 Å². The van der Waals surface area contributed by atoms with E-state index in [-0.39, 0.29) is 0 Å². The van der Waals surface area contributed by atoms with Crippen LogP contribution in [0.3, 0.4) is 0 Å². The fraction of sp³-hybridized carbons (Fsp3) is 0.286. The topological polar surface area (TPSA) is 72.5 Å². The molecule has 0 radical (unpaired) electrons. The number of esters is 1. The fourth-order valence-corrected chi connectivity index (χ4v) is 8.06. The quantitative estimate of drug-likeness (QED) is 0.355. The molecule has 0 aliphatic heterocycles. The Hall–Kier alpha value is -3.17. The highest BCUT2D eigenvalue weighted by molar-refractivity contribution is 7.81. The highest BCUT2D eigenvalue weighted by Gasteiger charge is 2.65. The van der Waals surface area contributed by atoms with Crippen molar-refractivity contribution in [1.29, 1.82) is 0 Å². The van der Waals surface area contributed by atoms with Crippen molar-refractivity contribution in [2.24, 2.45) is 0 Å². The number of hydrogen-bond acceptors (Lipinski definition) is 4. The van der Waals surface area contributed by atoms with Gasteiger partial charge in [-0.1, -0.05) is 92.7 Å². The van der Waals surface area contributed by atoms with Gasteiger partial charge in [0.05, 0.1) is 0 Å². The van der Waals surface area contributed by atoms with Crippen LogP contribution in [0.4, 0.5) is 5.69 Å². The highest BCUT2D eigenvalue weighted by atomic mass is 31.2. The molecule has 3 aromatic rings. The highest BCUT2D eigenvalue weighted by Crippen LogP contribution is 2.68. The lowest BCUT2D eigenvalue weighted by Crippen LogP contribution is -2.36. The Bertz CT molecular complexity index is 1150. The third-order valence-electron chi connectivity index (χ3n) is 6.54. The summed E-state index contributed by atoms with van der Waals surface area (Å²) in [5.41, 5.74) is 2.86. The summed E-state index contributed by atoms with van der Waals surface area (Å²) in [4.78, 5) is 26.1. The molecule has 1 N–H and O–H groups in total. The zero-order valence-electron chi connectivity index (χ0n) is 19.6. The molecule has 0 spiro atoms. The van der Waals surface area contributed by atoms with Crippen LogP contribution in [-0.4, -0.2) is 23.6 Å². The van der Waals surface area contributed by atoms with Crippen LogP contribution in [-0.2, 0) is 31.7 Å². The molecule has 0 bridgehead atoms. The van der Waals surface area contributed by atoms with Gasteiger partial charge in [0.1, 0.15) is 5.16 Å². The first-order valence-electron chi connectivity index (χ1n) is 11.8. The van der Waals surface area contributed by atoms with E-state index in [0.29, 0.717) is 23.5 Å². The molecule has 1 aliphatic rings. The minimum atomic E-state index is -3.33. The van der Waals surface area contributed by atoms with E-state index in [1.54, 1.807) is 0 Å². The summed E-state index contributed by atoms with van der Waals surface area (Å²) in [6.07, 6.45) is 2.49. The molecule has 0 unspecified atom stereocenters. The molecule has 0 atom stereocenters. The Labute approximate surface area is 200 Å². The van der Waals surface area contributed by atoms with Gasteiger partial charge in [0.15, 0.2) is 13.7 Å². The van der Waals surface area contributed by atoms with Crippen LogP contribution in [0.15, 0.2) is 78.9 Å².